The zero-order chi connectivity index (χ0) is 11.1. The van der Waals surface area contributed by atoms with E-state index >= 15 is 0 Å². The summed E-state index contributed by atoms with van der Waals surface area (Å²) in [6.45, 7) is 0. The van der Waals surface area contributed by atoms with E-state index in [0.717, 1.165) is 0 Å². The van der Waals surface area contributed by atoms with E-state index in [9.17, 15) is 9.90 Å². The molecule has 1 heterocycles. The van der Waals surface area contributed by atoms with Crippen LogP contribution in [0.15, 0.2) is 45.6 Å². The molecule has 0 fully saturated rings. The number of para-hydroxylation sites is 1. The molecular weight excluding hydrogens is 229 g/mol. The number of phenols is 1. The number of aromatic nitrogens is 1. The maximum absolute atomic E-state index is 11.5. The number of rotatable bonds is 0. The Bertz CT molecular complexity index is 708. The van der Waals surface area contributed by atoms with Gasteiger partial charge in [0.2, 0.25) is 5.43 Å². The predicted molar refractivity (Wildman–Crippen MR) is 65.7 cm³/mol. The third-order valence-corrected chi connectivity index (χ3v) is 2.36. The molecule has 0 saturated heterocycles. The Hall–Kier alpha value is -1.36. The summed E-state index contributed by atoms with van der Waals surface area (Å²) in [7, 11) is 0. The van der Waals surface area contributed by atoms with Crippen LogP contribution in [0, 0.1) is 0 Å². The molecular formula is C12H8NNaO3. The van der Waals surface area contributed by atoms with Crippen LogP contribution in [0.25, 0.3) is 22.6 Å². The molecule has 17 heavy (non-hydrogen) atoms. The Morgan fingerprint density at radius 1 is 1.18 bits per heavy atom. The zero-order valence-corrected chi connectivity index (χ0v) is 8.18. The number of benzene rings is 2. The van der Waals surface area contributed by atoms with Gasteiger partial charge in [-0.1, -0.05) is 6.07 Å². The fourth-order valence-corrected chi connectivity index (χ4v) is 1.61. The summed E-state index contributed by atoms with van der Waals surface area (Å²) in [5, 5.41) is 9.31. The molecule has 3 rings (SSSR count). The molecule has 80 valence electrons. The van der Waals surface area contributed by atoms with E-state index in [1.54, 1.807) is 18.2 Å². The van der Waals surface area contributed by atoms with E-state index in [4.69, 9.17) is 4.42 Å². The van der Waals surface area contributed by atoms with Gasteiger partial charge in [0, 0.05) is 6.07 Å². The molecule has 0 spiro atoms. The number of fused-ring (bicyclic) bond motifs is 2. The average molecular weight is 237 g/mol. The van der Waals surface area contributed by atoms with Crippen LogP contribution in [-0.4, -0.2) is 39.6 Å². The standard InChI is InChI=1S/C12H7NO3.Na.H/c14-7-4-5-8-11(6-7)16-10-3-1-2-9(15)12(10)13-8;;/h1-6,14H;;. The fraction of sp³-hybridized carbons (Fsp3) is 0. The van der Waals surface area contributed by atoms with Crippen molar-refractivity contribution in [1.29, 1.82) is 0 Å². The molecule has 0 saturated carbocycles. The van der Waals surface area contributed by atoms with Crippen LogP contribution in [0.1, 0.15) is 0 Å². The fourth-order valence-electron chi connectivity index (χ4n) is 1.61. The van der Waals surface area contributed by atoms with Gasteiger partial charge in [0.15, 0.2) is 17.0 Å². The summed E-state index contributed by atoms with van der Waals surface area (Å²) in [4.78, 5) is 15.7. The summed E-state index contributed by atoms with van der Waals surface area (Å²) in [5.41, 5.74) is 1.14. The summed E-state index contributed by atoms with van der Waals surface area (Å²) in [5.74, 6) is 0.529. The summed E-state index contributed by atoms with van der Waals surface area (Å²) in [6.07, 6.45) is 0. The van der Waals surface area contributed by atoms with Crippen molar-refractivity contribution in [2.24, 2.45) is 0 Å². The van der Waals surface area contributed by atoms with Gasteiger partial charge in [-0.2, -0.15) is 0 Å². The Balaban J connectivity index is 0.00000108. The molecule has 0 atom stereocenters. The van der Waals surface area contributed by atoms with Crippen molar-refractivity contribution in [3.8, 4) is 17.2 Å². The summed E-state index contributed by atoms with van der Waals surface area (Å²) < 4.78 is 5.49. The number of phenolic OH excluding ortho intramolecular Hbond substituents is 1. The molecule has 1 aliphatic carbocycles. The maximum atomic E-state index is 11.5. The molecule has 0 aromatic heterocycles. The Labute approximate surface area is 119 Å². The second-order valence-corrected chi connectivity index (χ2v) is 3.47. The van der Waals surface area contributed by atoms with Crippen LogP contribution < -0.4 is 5.43 Å². The van der Waals surface area contributed by atoms with Gasteiger partial charge in [0.05, 0.1) is 0 Å². The van der Waals surface area contributed by atoms with E-state index in [1.807, 2.05) is 0 Å². The first-order chi connectivity index (χ1) is 7.74. The Kier molecular flexibility index (Phi) is 3.19. The van der Waals surface area contributed by atoms with Gasteiger partial charge in [0.1, 0.15) is 11.3 Å². The van der Waals surface area contributed by atoms with Crippen molar-refractivity contribution >= 4 is 40.7 Å². The quantitative estimate of drug-likeness (QED) is 0.473. The van der Waals surface area contributed by atoms with Gasteiger partial charge >= 0.3 is 29.6 Å². The van der Waals surface area contributed by atoms with Gasteiger partial charge in [-0.3, -0.25) is 4.79 Å². The van der Waals surface area contributed by atoms with Crippen LogP contribution >= 0.6 is 0 Å². The Morgan fingerprint density at radius 2 is 2.00 bits per heavy atom. The molecule has 1 aromatic rings. The molecule has 1 N–H and O–H groups in total. The van der Waals surface area contributed by atoms with Gasteiger partial charge in [-0.05, 0) is 24.3 Å². The van der Waals surface area contributed by atoms with Crippen molar-refractivity contribution in [2.45, 2.75) is 0 Å². The zero-order valence-electron chi connectivity index (χ0n) is 8.18. The summed E-state index contributed by atoms with van der Waals surface area (Å²) in [6, 6.07) is 9.32. The topological polar surface area (TPSA) is 63.3 Å². The van der Waals surface area contributed by atoms with Crippen molar-refractivity contribution in [1.82, 2.24) is 4.98 Å². The van der Waals surface area contributed by atoms with Crippen molar-refractivity contribution < 1.29 is 9.52 Å². The van der Waals surface area contributed by atoms with Crippen LogP contribution in [0.4, 0.5) is 0 Å². The van der Waals surface area contributed by atoms with Gasteiger partial charge < -0.3 is 9.52 Å². The van der Waals surface area contributed by atoms with E-state index in [1.165, 1.54) is 18.2 Å². The second kappa shape index (κ2) is 4.49. The Morgan fingerprint density at radius 3 is 2.82 bits per heavy atom. The number of nitrogens with zero attached hydrogens (tertiary/aromatic N) is 1. The minimum atomic E-state index is -0.170. The van der Waals surface area contributed by atoms with Crippen LogP contribution in [0.2, 0.25) is 0 Å². The molecule has 0 bridgehead atoms. The molecule has 2 aliphatic rings. The second-order valence-electron chi connectivity index (χ2n) is 3.47. The third kappa shape index (κ3) is 2.07. The molecule has 1 aliphatic heterocycles. The molecule has 0 radical (unpaired) electrons. The predicted octanol–water partition coefficient (Wildman–Crippen LogP) is 1.35. The van der Waals surface area contributed by atoms with Gasteiger partial charge in [0.25, 0.3) is 0 Å². The molecule has 1 aromatic carbocycles. The average Bonchev–Trinajstić information content (AvgIpc) is 2.27. The normalized spacial score (nSPS) is 10.4. The van der Waals surface area contributed by atoms with Gasteiger partial charge in [-0.15, -0.1) is 0 Å². The van der Waals surface area contributed by atoms with E-state index in [-0.39, 0.29) is 40.7 Å². The van der Waals surface area contributed by atoms with Crippen molar-refractivity contribution in [3.63, 3.8) is 0 Å². The number of hydrogen-bond donors (Lipinski definition) is 1. The monoisotopic (exact) mass is 237 g/mol. The summed E-state index contributed by atoms with van der Waals surface area (Å²) >= 11 is 0. The van der Waals surface area contributed by atoms with Crippen LogP contribution in [-0.2, 0) is 0 Å². The van der Waals surface area contributed by atoms with Crippen molar-refractivity contribution in [3.05, 3.63) is 46.6 Å². The van der Waals surface area contributed by atoms with E-state index in [0.29, 0.717) is 22.6 Å². The third-order valence-electron chi connectivity index (χ3n) is 2.36. The first-order valence-electron chi connectivity index (χ1n) is 4.77. The number of aromatic hydroxyl groups is 1. The molecule has 4 nitrogen and oxygen atoms in total. The van der Waals surface area contributed by atoms with E-state index < -0.39 is 0 Å². The van der Waals surface area contributed by atoms with Crippen LogP contribution in [0.3, 0.4) is 0 Å². The minimum absolute atomic E-state index is 0. The van der Waals surface area contributed by atoms with Crippen molar-refractivity contribution in [2.75, 3.05) is 0 Å². The van der Waals surface area contributed by atoms with Crippen LogP contribution in [0.5, 0.6) is 5.75 Å². The molecule has 0 unspecified atom stereocenters. The number of hydrogen-bond acceptors (Lipinski definition) is 4. The first kappa shape index (κ1) is 12.1. The SMILES string of the molecule is O=c1cccc2oc3cc(O)ccc3nc1-2.[NaH]. The first-order valence-corrected chi connectivity index (χ1v) is 4.77. The molecule has 5 heteroatoms. The van der Waals surface area contributed by atoms with E-state index in [2.05, 4.69) is 4.98 Å². The molecule has 0 amide bonds. The van der Waals surface area contributed by atoms with Gasteiger partial charge in [-0.25, -0.2) is 4.98 Å².